The number of carbonyl (C=O) groups excluding carboxylic acids is 3. The second kappa shape index (κ2) is 8.04. The van der Waals surface area contributed by atoms with E-state index in [0.29, 0.717) is 42.6 Å². The molecule has 3 aliphatic rings. The third-order valence-corrected chi connectivity index (χ3v) is 6.97. The van der Waals surface area contributed by atoms with Crippen molar-refractivity contribution in [3.63, 3.8) is 0 Å². The van der Waals surface area contributed by atoms with Crippen LogP contribution in [0.1, 0.15) is 62.7 Å². The van der Waals surface area contributed by atoms with Crippen LogP contribution in [0.25, 0.3) is 0 Å². The molecule has 3 aliphatic carbocycles. The molecule has 0 aliphatic heterocycles. The first-order chi connectivity index (χ1) is 14.8. The number of ketones is 3. The van der Waals surface area contributed by atoms with Gasteiger partial charge in [0.05, 0.1) is 0 Å². The first-order valence-corrected chi connectivity index (χ1v) is 10.9. The zero-order chi connectivity index (χ0) is 22.2. The van der Waals surface area contributed by atoms with E-state index in [4.69, 9.17) is 4.74 Å². The van der Waals surface area contributed by atoms with Gasteiger partial charge in [0.1, 0.15) is 18.0 Å². The van der Waals surface area contributed by atoms with E-state index < -0.39 is 11.0 Å². The molecule has 1 atom stereocenters. The van der Waals surface area contributed by atoms with Crippen molar-refractivity contribution < 1.29 is 24.2 Å². The van der Waals surface area contributed by atoms with E-state index in [1.165, 1.54) is 0 Å². The van der Waals surface area contributed by atoms with Crippen LogP contribution in [-0.4, -0.2) is 34.7 Å². The first-order valence-electron chi connectivity index (χ1n) is 10.9. The molecule has 1 fully saturated rings. The number of carbonyl (C=O) groups is 3. The molecule has 31 heavy (non-hydrogen) atoms. The second-order valence-corrected chi connectivity index (χ2v) is 8.92. The normalized spacial score (nSPS) is 23.4. The van der Waals surface area contributed by atoms with Gasteiger partial charge < -0.3 is 9.84 Å². The van der Waals surface area contributed by atoms with E-state index in [1.807, 2.05) is 25.1 Å². The van der Waals surface area contributed by atoms with Crippen molar-refractivity contribution in [3.05, 3.63) is 70.5 Å². The molecule has 0 heterocycles. The summed E-state index contributed by atoms with van der Waals surface area (Å²) in [5.74, 6) is 0.327. The van der Waals surface area contributed by atoms with Crippen molar-refractivity contribution in [1.29, 1.82) is 0 Å². The number of aliphatic hydroxyl groups is 1. The summed E-state index contributed by atoms with van der Waals surface area (Å²) in [5.41, 5.74) is 1.00. The van der Waals surface area contributed by atoms with Crippen LogP contribution < -0.4 is 0 Å². The van der Waals surface area contributed by atoms with Gasteiger partial charge >= 0.3 is 0 Å². The fraction of sp³-hybridized carbons (Fsp3) is 0.423. The van der Waals surface area contributed by atoms with Crippen molar-refractivity contribution in [1.82, 2.24) is 0 Å². The van der Waals surface area contributed by atoms with E-state index in [-0.39, 0.29) is 24.0 Å². The highest BCUT2D eigenvalue weighted by atomic mass is 16.5. The standard InChI is InChI=1S/C26H28O5/c1-17-23-20(24(29)25(2,30)26(17)14-15-26)12-13-22(23)31-16-19(27)10-6-7-11-21(28)18-8-4-3-5-9-18/h3-5,8-9,12-13,30H,6-7,10-11,14-16H2,1-2H3/t25-/m0/s1. The lowest BCUT2D eigenvalue weighted by molar-refractivity contribution is -0.137. The molecule has 0 amide bonds. The van der Waals surface area contributed by atoms with Gasteiger partial charge in [0.15, 0.2) is 17.3 Å². The summed E-state index contributed by atoms with van der Waals surface area (Å²) in [7, 11) is 0. The molecule has 1 saturated carbocycles. The van der Waals surface area contributed by atoms with Gasteiger partial charge in [0.2, 0.25) is 0 Å². The molecule has 0 unspecified atom stereocenters. The molecule has 162 valence electrons. The minimum atomic E-state index is -1.39. The summed E-state index contributed by atoms with van der Waals surface area (Å²) in [6, 6.07) is 9.17. The van der Waals surface area contributed by atoms with Crippen molar-refractivity contribution in [2.24, 2.45) is 5.41 Å². The maximum atomic E-state index is 12.8. The van der Waals surface area contributed by atoms with Crippen molar-refractivity contribution in [3.8, 4) is 0 Å². The van der Waals surface area contributed by atoms with Gasteiger partial charge in [-0.3, -0.25) is 14.4 Å². The number of rotatable bonds is 9. The van der Waals surface area contributed by atoms with Gasteiger partial charge in [-0.05, 0) is 51.7 Å². The van der Waals surface area contributed by atoms with Crippen molar-refractivity contribution in [2.45, 2.75) is 58.0 Å². The third-order valence-electron chi connectivity index (χ3n) is 6.97. The minimum absolute atomic E-state index is 0.0324. The molecule has 0 bridgehead atoms. The Kier molecular flexibility index (Phi) is 5.56. The number of allylic oxidation sites excluding steroid dienone is 3. The van der Waals surface area contributed by atoms with Crippen molar-refractivity contribution in [2.75, 3.05) is 6.61 Å². The zero-order valence-electron chi connectivity index (χ0n) is 18.1. The van der Waals surface area contributed by atoms with E-state index in [0.717, 1.165) is 24.0 Å². The number of unbranched alkanes of at least 4 members (excludes halogenated alkanes) is 1. The Labute approximate surface area is 182 Å². The molecule has 0 saturated heterocycles. The lowest BCUT2D eigenvalue weighted by atomic mass is 9.68. The van der Waals surface area contributed by atoms with Crippen LogP contribution in [0.3, 0.4) is 0 Å². The highest BCUT2D eigenvalue weighted by Gasteiger charge is 2.65. The quantitative estimate of drug-likeness (QED) is 0.477. The molecule has 5 heteroatoms. The van der Waals surface area contributed by atoms with Crippen LogP contribution in [-0.2, 0) is 14.3 Å². The molecule has 4 rings (SSSR count). The molecule has 1 aromatic carbocycles. The lowest BCUT2D eigenvalue weighted by Crippen LogP contribution is -2.49. The SMILES string of the molecule is CC1=C2C(OCC(=O)CCCCC(=O)c3ccccc3)=CC=C2C(=O)[C@](C)(O)C12CC2. The van der Waals surface area contributed by atoms with E-state index >= 15 is 0 Å². The fourth-order valence-electron chi connectivity index (χ4n) is 4.83. The summed E-state index contributed by atoms with van der Waals surface area (Å²) >= 11 is 0. The van der Waals surface area contributed by atoms with Crippen LogP contribution in [0.2, 0.25) is 0 Å². The maximum absolute atomic E-state index is 12.8. The highest BCUT2D eigenvalue weighted by Crippen LogP contribution is 2.64. The van der Waals surface area contributed by atoms with Gasteiger partial charge in [-0.25, -0.2) is 0 Å². The van der Waals surface area contributed by atoms with Crippen LogP contribution in [0.5, 0.6) is 0 Å². The number of hydrogen-bond acceptors (Lipinski definition) is 5. The highest BCUT2D eigenvalue weighted by molar-refractivity contribution is 6.10. The molecular formula is C26H28O5. The Morgan fingerprint density at radius 2 is 1.74 bits per heavy atom. The monoisotopic (exact) mass is 420 g/mol. The number of ether oxygens (including phenoxy) is 1. The van der Waals surface area contributed by atoms with E-state index in [9.17, 15) is 19.5 Å². The maximum Gasteiger partial charge on any atom is 0.195 e. The first kappa shape index (κ1) is 21.4. The summed E-state index contributed by atoms with van der Waals surface area (Å²) in [6.07, 6.45) is 7.03. The van der Waals surface area contributed by atoms with Crippen LogP contribution in [0.15, 0.2) is 65.0 Å². The van der Waals surface area contributed by atoms with Gasteiger partial charge in [-0.15, -0.1) is 0 Å². The van der Waals surface area contributed by atoms with E-state index in [1.54, 1.807) is 31.2 Å². The lowest BCUT2D eigenvalue weighted by Gasteiger charge is -2.39. The summed E-state index contributed by atoms with van der Waals surface area (Å²) < 4.78 is 5.79. The van der Waals surface area contributed by atoms with E-state index in [2.05, 4.69) is 0 Å². The Morgan fingerprint density at radius 3 is 2.42 bits per heavy atom. The number of hydrogen-bond donors (Lipinski definition) is 1. The van der Waals surface area contributed by atoms with Crippen LogP contribution in [0.4, 0.5) is 0 Å². The Morgan fingerprint density at radius 1 is 1.06 bits per heavy atom. The third kappa shape index (κ3) is 3.72. The molecular weight excluding hydrogens is 392 g/mol. The number of Topliss-reactive ketones (excluding diaryl/α,β-unsaturated/α-hetero) is 3. The smallest absolute Gasteiger partial charge is 0.195 e. The van der Waals surface area contributed by atoms with Crippen LogP contribution in [0, 0.1) is 5.41 Å². The Hall–Kier alpha value is -2.79. The average molecular weight is 421 g/mol. The Bertz CT molecular complexity index is 1020. The molecule has 5 nitrogen and oxygen atoms in total. The topological polar surface area (TPSA) is 80.7 Å². The second-order valence-electron chi connectivity index (χ2n) is 8.92. The van der Waals surface area contributed by atoms with Crippen molar-refractivity contribution >= 4 is 17.3 Å². The minimum Gasteiger partial charge on any atom is -0.485 e. The predicted molar refractivity (Wildman–Crippen MR) is 116 cm³/mol. The zero-order valence-corrected chi connectivity index (χ0v) is 18.1. The summed E-state index contributed by atoms with van der Waals surface area (Å²) in [5, 5.41) is 10.8. The van der Waals surface area contributed by atoms with Gasteiger partial charge in [-0.2, -0.15) is 0 Å². The summed E-state index contributed by atoms with van der Waals surface area (Å²) in [4.78, 5) is 37.2. The number of benzene rings is 1. The number of fused-ring (bicyclic) bond motifs is 1. The molecule has 0 aromatic heterocycles. The summed E-state index contributed by atoms with van der Waals surface area (Å²) in [6.45, 7) is 3.49. The van der Waals surface area contributed by atoms with Gasteiger partial charge in [-0.1, -0.05) is 35.9 Å². The Balaban J connectivity index is 1.27. The largest absolute Gasteiger partial charge is 0.485 e. The van der Waals surface area contributed by atoms with Gasteiger partial charge in [0, 0.05) is 35.0 Å². The molecule has 1 aromatic rings. The molecule has 1 N–H and O–H groups in total. The molecule has 1 spiro atoms. The average Bonchev–Trinajstić information content (AvgIpc) is 3.48. The van der Waals surface area contributed by atoms with Crippen LogP contribution >= 0.6 is 0 Å². The fourth-order valence-corrected chi connectivity index (χ4v) is 4.83. The van der Waals surface area contributed by atoms with Gasteiger partial charge in [0.25, 0.3) is 0 Å². The molecule has 0 radical (unpaired) electrons. The predicted octanol–water partition coefficient (Wildman–Crippen LogP) is 4.27.